The van der Waals surface area contributed by atoms with Gasteiger partial charge in [-0.3, -0.25) is 9.59 Å². The molecule has 1 aliphatic rings. The van der Waals surface area contributed by atoms with Crippen LogP contribution in [-0.4, -0.2) is 30.9 Å². The monoisotopic (exact) mass is 213 g/mol. The molecule has 0 unspecified atom stereocenters. The number of rotatable bonds is 8. The largest absolute Gasteiger partial charge is 0.370 e. The van der Waals surface area contributed by atoms with E-state index >= 15 is 0 Å². The summed E-state index contributed by atoms with van der Waals surface area (Å²) < 4.78 is 0. The molecule has 1 aliphatic carbocycles. The van der Waals surface area contributed by atoms with Crippen LogP contribution in [0.4, 0.5) is 0 Å². The van der Waals surface area contributed by atoms with Gasteiger partial charge in [-0.25, -0.2) is 0 Å². The standard InChI is InChI=1S/C10H19N3O2/c11-9(14)3-1-2-6-12-7-10(15)13-8-4-5-8/h8,12H,1-7H2,(H2,11,14)(H,13,15). The maximum Gasteiger partial charge on any atom is 0.234 e. The average molecular weight is 213 g/mol. The van der Waals surface area contributed by atoms with E-state index in [0.29, 0.717) is 19.0 Å². The topological polar surface area (TPSA) is 84.2 Å². The molecule has 0 aromatic rings. The Balaban J connectivity index is 1.83. The van der Waals surface area contributed by atoms with E-state index in [9.17, 15) is 9.59 Å². The normalized spacial score (nSPS) is 14.9. The minimum absolute atomic E-state index is 0.0624. The molecule has 1 fully saturated rings. The van der Waals surface area contributed by atoms with Gasteiger partial charge in [0.05, 0.1) is 6.54 Å². The average Bonchev–Trinajstić information content (AvgIpc) is 2.94. The van der Waals surface area contributed by atoms with Crippen molar-refractivity contribution >= 4 is 11.8 Å². The zero-order valence-electron chi connectivity index (χ0n) is 8.92. The second-order valence-corrected chi connectivity index (χ2v) is 3.94. The highest BCUT2D eigenvalue weighted by molar-refractivity contribution is 5.78. The third-order valence-corrected chi connectivity index (χ3v) is 2.25. The van der Waals surface area contributed by atoms with Crippen LogP contribution in [0.2, 0.25) is 0 Å². The zero-order valence-corrected chi connectivity index (χ0v) is 8.92. The first kappa shape index (κ1) is 12.0. The van der Waals surface area contributed by atoms with E-state index in [2.05, 4.69) is 10.6 Å². The predicted molar refractivity (Wildman–Crippen MR) is 57.1 cm³/mol. The molecule has 0 atom stereocenters. The fourth-order valence-corrected chi connectivity index (χ4v) is 1.26. The molecule has 0 aliphatic heterocycles. The lowest BCUT2D eigenvalue weighted by atomic mass is 10.2. The van der Waals surface area contributed by atoms with E-state index in [-0.39, 0.29) is 11.8 Å². The predicted octanol–water partition coefficient (Wildman–Crippen LogP) is -0.490. The smallest absolute Gasteiger partial charge is 0.234 e. The molecule has 1 saturated carbocycles. The molecule has 0 saturated heterocycles. The summed E-state index contributed by atoms with van der Waals surface area (Å²) in [6.45, 7) is 1.12. The molecule has 0 radical (unpaired) electrons. The Bertz CT molecular complexity index is 227. The maximum atomic E-state index is 11.2. The van der Waals surface area contributed by atoms with Gasteiger partial charge < -0.3 is 16.4 Å². The van der Waals surface area contributed by atoms with Gasteiger partial charge in [0.25, 0.3) is 0 Å². The molecule has 2 amide bonds. The Morgan fingerprint density at radius 2 is 2.00 bits per heavy atom. The molecule has 0 spiro atoms. The van der Waals surface area contributed by atoms with Crippen molar-refractivity contribution in [2.24, 2.45) is 5.73 Å². The minimum Gasteiger partial charge on any atom is -0.370 e. The van der Waals surface area contributed by atoms with E-state index < -0.39 is 0 Å². The van der Waals surface area contributed by atoms with E-state index in [1.165, 1.54) is 0 Å². The minimum atomic E-state index is -0.263. The molecule has 15 heavy (non-hydrogen) atoms. The van der Waals surface area contributed by atoms with Gasteiger partial charge >= 0.3 is 0 Å². The number of amides is 2. The summed E-state index contributed by atoms with van der Waals surface area (Å²) in [5, 5.41) is 5.92. The quantitative estimate of drug-likeness (QED) is 0.476. The molecule has 1 rings (SSSR count). The molecule has 0 aromatic heterocycles. The van der Waals surface area contributed by atoms with Crippen LogP contribution < -0.4 is 16.4 Å². The highest BCUT2D eigenvalue weighted by atomic mass is 16.2. The fourth-order valence-electron chi connectivity index (χ4n) is 1.26. The van der Waals surface area contributed by atoms with Gasteiger partial charge in [-0.2, -0.15) is 0 Å². The van der Waals surface area contributed by atoms with Crippen molar-refractivity contribution in [3.8, 4) is 0 Å². The van der Waals surface area contributed by atoms with Crippen molar-refractivity contribution in [3.05, 3.63) is 0 Å². The van der Waals surface area contributed by atoms with Gasteiger partial charge in [0.1, 0.15) is 0 Å². The number of hydrogen-bond acceptors (Lipinski definition) is 3. The van der Waals surface area contributed by atoms with E-state index in [4.69, 9.17) is 5.73 Å². The number of unbranched alkanes of at least 4 members (excludes halogenated alkanes) is 1. The van der Waals surface area contributed by atoms with Crippen LogP contribution in [0.3, 0.4) is 0 Å². The molecule has 0 aromatic carbocycles. The summed E-state index contributed by atoms with van der Waals surface area (Å²) in [4.78, 5) is 21.6. The highest BCUT2D eigenvalue weighted by Gasteiger charge is 2.22. The number of carbonyl (C=O) groups excluding carboxylic acids is 2. The van der Waals surface area contributed by atoms with Gasteiger partial charge in [0.15, 0.2) is 0 Å². The van der Waals surface area contributed by atoms with Gasteiger partial charge in [-0.15, -0.1) is 0 Å². The second-order valence-electron chi connectivity index (χ2n) is 3.94. The third kappa shape index (κ3) is 6.90. The van der Waals surface area contributed by atoms with Crippen LogP contribution in [0.15, 0.2) is 0 Å². The highest BCUT2D eigenvalue weighted by Crippen LogP contribution is 2.18. The lowest BCUT2D eigenvalue weighted by Crippen LogP contribution is -2.35. The first-order valence-corrected chi connectivity index (χ1v) is 5.47. The van der Waals surface area contributed by atoms with E-state index in [1.807, 2.05) is 0 Å². The first-order valence-electron chi connectivity index (χ1n) is 5.47. The molecular formula is C10H19N3O2. The Morgan fingerprint density at radius 1 is 1.27 bits per heavy atom. The van der Waals surface area contributed by atoms with Crippen LogP contribution in [0.5, 0.6) is 0 Å². The van der Waals surface area contributed by atoms with Gasteiger partial charge in [-0.1, -0.05) is 0 Å². The summed E-state index contributed by atoms with van der Waals surface area (Å²) in [6, 6.07) is 0.425. The summed E-state index contributed by atoms with van der Waals surface area (Å²) in [5.74, 6) is -0.200. The second kappa shape index (κ2) is 6.40. The Kier molecular flexibility index (Phi) is 5.10. The molecule has 0 heterocycles. The van der Waals surface area contributed by atoms with Gasteiger partial charge in [0, 0.05) is 12.5 Å². The molecule has 4 N–H and O–H groups in total. The number of primary amides is 1. The fraction of sp³-hybridized carbons (Fsp3) is 0.800. The van der Waals surface area contributed by atoms with Crippen molar-refractivity contribution in [2.45, 2.75) is 38.1 Å². The number of hydrogen-bond donors (Lipinski definition) is 3. The Hall–Kier alpha value is -1.10. The van der Waals surface area contributed by atoms with Crippen molar-refractivity contribution in [3.63, 3.8) is 0 Å². The van der Waals surface area contributed by atoms with Crippen LogP contribution in [0, 0.1) is 0 Å². The Labute approximate surface area is 89.8 Å². The Morgan fingerprint density at radius 3 is 2.60 bits per heavy atom. The summed E-state index contributed by atoms with van der Waals surface area (Å²) in [7, 11) is 0. The number of nitrogens with one attached hydrogen (secondary N) is 2. The van der Waals surface area contributed by atoms with E-state index in [1.54, 1.807) is 0 Å². The van der Waals surface area contributed by atoms with Crippen LogP contribution in [0.1, 0.15) is 32.1 Å². The molecular weight excluding hydrogens is 194 g/mol. The van der Waals surface area contributed by atoms with E-state index in [0.717, 1.165) is 32.2 Å². The SMILES string of the molecule is NC(=O)CCCCNCC(=O)NC1CC1. The first-order chi connectivity index (χ1) is 7.18. The maximum absolute atomic E-state index is 11.2. The number of nitrogens with two attached hydrogens (primary N) is 1. The van der Waals surface area contributed by atoms with Crippen molar-refractivity contribution in [2.75, 3.05) is 13.1 Å². The van der Waals surface area contributed by atoms with Crippen molar-refractivity contribution in [1.29, 1.82) is 0 Å². The third-order valence-electron chi connectivity index (χ3n) is 2.25. The molecule has 86 valence electrons. The number of carbonyl (C=O) groups is 2. The summed E-state index contributed by atoms with van der Waals surface area (Å²) in [5.41, 5.74) is 4.99. The lowest BCUT2D eigenvalue weighted by Gasteiger charge is -2.04. The van der Waals surface area contributed by atoms with Gasteiger partial charge in [-0.05, 0) is 32.2 Å². The molecule has 5 nitrogen and oxygen atoms in total. The van der Waals surface area contributed by atoms with Crippen LogP contribution in [0.25, 0.3) is 0 Å². The lowest BCUT2D eigenvalue weighted by molar-refractivity contribution is -0.120. The zero-order chi connectivity index (χ0) is 11.1. The van der Waals surface area contributed by atoms with Gasteiger partial charge in [0.2, 0.25) is 11.8 Å². The van der Waals surface area contributed by atoms with Crippen molar-refractivity contribution in [1.82, 2.24) is 10.6 Å². The molecule has 5 heteroatoms. The van der Waals surface area contributed by atoms with Crippen LogP contribution >= 0.6 is 0 Å². The summed E-state index contributed by atoms with van der Waals surface area (Å²) >= 11 is 0. The van der Waals surface area contributed by atoms with Crippen molar-refractivity contribution < 1.29 is 9.59 Å². The van der Waals surface area contributed by atoms with Crippen LogP contribution in [-0.2, 0) is 9.59 Å². The summed E-state index contributed by atoms with van der Waals surface area (Å²) in [6.07, 6.45) is 4.32. The molecule has 0 bridgehead atoms.